The molecule has 1 aromatic carbocycles. The zero-order valence-electron chi connectivity index (χ0n) is 9.39. The number of carbonyl (C=O) groups is 1. The van der Waals surface area contributed by atoms with Crippen molar-refractivity contribution in [3.8, 4) is 0 Å². The molecule has 0 spiro atoms. The fraction of sp³-hybridized carbons (Fsp3) is 0.300. The van der Waals surface area contributed by atoms with Gasteiger partial charge in [-0.05, 0) is 30.5 Å². The molecule has 1 aromatic rings. The van der Waals surface area contributed by atoms with Crippen molar-refractivity contribution in [1.82, 2.24) is 0 Å². The van der Waals surface area contributed by atoms with Crippen LogP contribution >= 0.6 is 11.8 Å². The number of halogens is 2. The zero-order chi connectivity index (χ0) is 13.8. The maximum Gasteiger partial charge on any atom is 0.341 e. The highest BCUT2D eigenvalue weighted by Crippen LogP contribution is 2.20. The molecule has 0 bridgehead atoms. The van der Waals surface area contributed by atoms with Gasteiger partial charge in [0.1, 0.15) is 0 Å². The van der Waals surface area contributed by atoms with Crippen LogP contribution in [0, 0.1) is 0 Å². The largest absolute Gasteiger partial charge is 0.341 e. The molecule has 0 saturated heterocycles. The van der Waals surface area contributed by atoms with E-state index in [4.69, 9.17) is 0 Å². The predicted octanol–water partition coefficient (Wildman–Crippen LogP) is 1.98. The molecule has 0 atom stereocenters. The summed E-state index contributed by atoms with van der Waals surface area (Å²) in [7, 11) is -4.58. The van der Waals surface area contributed by atoms with Gasteiger partial charge in [-0.2, -0.15) is 20.5 Å². The van der Waals surface area contributed by atoms with E-state index in [1.165, 1.54) is 23.9 Å². The van der Waals surface area contributed by atoms with Crippen LogP contribution in [0.15, 0.2) is 29.2 Å². The maximum absolute atomic E-state index is 12.2. The van der Waals surface area contributed by atoms with Crippen molar-refractivity contribution < 1.29 is 22.0 Å². The third kappa shape index (κ3) is 3.67. The second kappa shape index (κ2) is 6.14. The number of nitrogens with one attached hydrogen (secondary N) is 1. The van der Waals surface area contributed by atoms with Crippen LogP contribution < -0.4 is 5.32 Å². The molecule has 0 heterocycles. The van der Waals surface area contributed by atoms with Gasteiger partial charge in [-0.1, -0.05) is 0 Å². The van der Waals surface area contributed by atoms with Crippen LogP contribution in [0.4, 0.5) is 14.5 Å². The standard InChI is InChI=1S/C10H11F2NO3S2/c1-17-6-9(14)13-7-2-4-8(5-3-7)18(15,16)10(11)12/h2-5,10H,6H2,1H3,(H,13,14). The van der Waals surface area contributed by atoms with E-state index in [9.17, 15) is 22.0 Å². The number of alkyl halides is 2. The smallest absolute Gasteiger partial charge is 0.325 e. The quantitative estimate of drug-likeness (QED) is 0.902. The highest BCUT2D eigenvalue weighted by molar-refractivity contribution is 7.99. The molecule has 100 valence electrons. The summed E-state index contributed by atoms with van der Waals surface area (Å²) in [6, 6.07) is 4.62. The van der Waals surface area contributed by atoms with Gasteiger partial charge < -0.3 is 5.32 Å². The van der Waals surface area contributed by atoms with Crippen LogP contribution in [-0.2, 0) is 14.6 Å². The first-order valence-corrected chi connectivity index (χ1v) is 7.73. The van der Waals surface area contributed by atoms with Gasteiger partial charge in [0.15, 0.2) is 0 Å². The zero-order valence-corrected chi connectivity index (χ0v) is 11.0. The Morgan fingerprint density at radius 3 is 2.33 bits per heavy atom. The van der Waals surface area contributed by atoms with Gasteiger partial charge >= 0.3 is 5.76 Å². The van der Waals surface area contributed by atoms with Crippen molar-refractivity contribution >= 4 is 33.2 Å². The lowest BCUT2D eigenvalue weighted by Gasteiger charge is -2.06. The van der Waals surface area contributed by atoms with E-state index in [1.807, 2.05) is 0 Å². The van der Waals surface area contributed by atoms with Crippen molar-refractivity contribution in [2.45, 2.75) is 10.7 Å². The molecule has 0 radical (unpaired) electrons. The lowest BCUT2D eigenvalue weighted by Crippen LogP contribution is -2.14. The summed E-state index contributed by atoms with van der Waals surface area (Å²) in [6.45, 7) is 0. The normalized spacial score (nSPS) is 11.6. The fourth-order valence-corrected chi connectivity index (χ4v) is 2.21. The summed E-state index contributed by atoms with van der Waals surface area (Å²) in [4.78, 5) is 10.8. The molecular formula is C10H11F2NO3S2. The van der Waals surface area contributed by atoms with E-state index in [-0.39, 0.29) is 11.7 Å². The predicted molar refractivity (Wildman–Crippen MR) is 66.6 cm³/mol. The molecule has 0 aliphatic rings. The molecule has 1 rings (SSSR count). The van der Waals surface area contributed by atoms with Gasteiger partial charge in [-0.15, -0.1) is 0 Å². The summed E-state index contributed by atoms with van der Waals surface area (Å²) in [5, 5.41) is 2.51. The molecule has 0 aromatic heterocycles. The van der Waals surface area contributed by atoms with Crippen molar-refractivity contribution in [3.05, 3.63) is 24.3 Å². The molecule has 8 heteroatoms. The fourth-order valence-electron chi connectivity index (χ4n) is 1.16. The molecule has 0 fully saturated rings. The Morgan fingerprint density at radius 1 is 1.33 bits per heavy atom. The van der Waals surface area contributed by atoms with Crippen LogP contribution in [0.5, 0.6) is 0 Å². The van der Waals surface area contributed by atoms with E-state index in [0.717, 1.165) is 12.1 Å². The van der Waals surface area contributed by atoms with Crippen LogP contribution in [0.25, 0.3) is 0 Å². The van der Waals surface area contributed by atoms with Gasteiger partial charge in [0.2, 0.25) is 15.7 Å². The molecule has 0 aliphatic carbocycles. The summed E-state index contributed by atoms with van der Waals surface area (Å²) in [5.41, 5.74) is 0.363. The summed E-state index contributed by atoms with van der Waals surface area (Å²) in [5.74, 6) is -3.43. The van der Waals surface area contributed by atoms with Crippen molar-refractivity contribution in [2.24, 2.45) is 0 Å². The first-order chi connectivity index (χ1) is 8.37. The van der Waals surface area contributed by atoms with E-state index in [0.29, 0.717) is 5.69 Å². The van der Waals surface area contributed by atoms with Gasteiger partial charge in [0, 0.05) is 5.69 Å². The third-order valence-corrected chi connectivity index (χ3v) is 3.93. The first-order valence-electron chi connectivity index (χ1n) is 4.79. The number of sulfone groups is 1. The number of amides is 1. The molecule has 1 N–H and O–H groups in total. The van der Waals surface area contributed by atoms with Crippen LogP contribution in [0.2, 0.25) is 0 Å². The Hall–Kier alpha value is -1.15. The second-order valence-corrected chi connectivity index (χ2v) is 6.10. The van der Waals surface area contributed by atoms with E-state index >= 15 is 0 Å². The highest BCUT2D eigenvalue weighted by Gasteiger charge is 2.26. The Bertz CT molecular complexity index is 514. The van der Waals surface area contributed by atoms with E-state index in [2.05, 4.69) is 5.32 Å². The lowest BCUT2D eigenvalue weighted by atomic mass is 10.3. The van der Waals surface area contributed by atoms with Gasteiger partial charge in [0.05, 0.1) is 10.6 Å². The molecule has 1 amide bonds. The number of hydrogen-bond donors (Lipinski definition) is 1. The number of rotatable bonds is 5. The van der Waals surface area contributed by atoms with E-state index in [1.54, 1.807) is 6.26 Å². The maximum atomic E-state index is 12.2. The minimum Gasteiger partial charge on any atom is -0.325 e. The summed E-state index contributed by atoms with van der Waals surface area (Å²) >= 11 is 1.33. The highest BCUT2D eigenvalue weighted by atomic mass is 32.2. The van der Waals surface area contributed by atoms with Crippen molar-refractivity contribution in [3.63, 3.8) is 0 Å². The number of thioether (sulfide) groups is 1. The molecule has 0 aliphatic heterocycles. The van der Waals surface area contributed by atoms with Gasteiger partial charge in [0.25, 0.3) is 0 Å². The summed E-state index contributed by atoms with van der Waals surface area (Å²) in [6.07, 6.45) is 1.76. The van der Waals surface area contributed by atoms with Gasteiger partial charge in [-0.3, -0.25) is 4.79 Å². The lowest BCUT2D eigenvalue weighted by molar-refractivity contribution is -0.113. The first kappa shape index (κ1) is 14.9. The molecule has 18 heavy (non-hydrogen) atoms. The second-order valence-electron chi connectivity index (χ2n) is 3.31. The minimum absolute atomic E-state index is 0.244. The van der Waals surface area contributed by atoms with Crippen molar-refractivity contribution in [1.29, 1.82) is 0 Å². The third-order valence-electron chi connectivity index (χ3n) is 1.98. The van der Waals surface area contributed by atoms with E-state index < -0.39 is 20.5 Å². The Kier molecular flexibility index (Phi) is 5.09. The number of hydrogen-bond acceptors (Lipinski definition) is 4. The SMILES string of the molecule is CSCC(=O)Nc1ccc(S(=O)(=O)C(F)F)cc1. The Balaban J connectivity index is 2.84. The molecule has 0 unspecified atom stereocenters. The summed E-state index contributed by atoms with van der Waals surface area (Å²) < 4.78 is 46.8. The topological polar surface area (TPSA) is 63.2 Å². The molecule has 0 saturated carbocycles. The number of anilines is 1. The minimum atomic E-state index is -4.58. The van der Waals surface area contributed by atoms with Crippen LogP contribution in [0.1, 0.15) is 0 Å². The Labute approximate surface area is 108 Å². The molecular weight excluding hydrogens is 284 g/mol. The average molecular weight is 295 g/mol. The number of carbonyl (C=O) groups excluding carboxylic acids is 1. The molecule has 4 nitrogen and oxygen atoms in total. The average Bonchev–Trinajstić information content (AvgIpc) is 2.29. The van der Waals surface area contributed by atoms with Crippen LogP contribution in [-0.4, -0.2) is 32.1 Å². The number of benzene rings is 1. The van der Waals surface area contributed by atoms with Crippen molar-refractivity contribution in [2.75, 3.05) is 17.3 Å². The van der Waals surface area contributed by atoms with Gasteiger partial charge in [-0.25, -0.2) is 8.42 Å². The Morgan fingerprint density at radius 2 is 1.89 bits per heavy atom. The monoisotopic (exact) mass is 295 g/mol. The van der Waals surface area contributed by atoms with Crippen LogP contribution in [0.3, 0.4) is 0 Å².